The molecule has 2 atom stereocenters. The molecule has 0 saturated heterocycles. The molecule has 118 valence electrons. The van der Waals surface area contributed by atoms with Crippen molar-refractivity contribution in [1.29, 1.82) is 0 Å². The van der Waals surface area contributed by atoms with Crippen LogP contribution in [0.15, 0.2) is 24.4 Å². The third kappa shape index (κ3) is 4.25. The van der Waals surface area contributed by atoms with Crippen molar-refractivity contribution in [2.75, 3.05) is 33.8 Å². The van der Waals surface area contributed by atoms with Gasteiger partial charge in [0.15, 0.2) is 0 Å². The van der Waals surface area contributed by atoms with Crippen molar-refractivity contribution in [3.63, 3.8) is 0 Å². The highest BCUT2D eigenvalue weighted by atomic mass is 16.3. The molecule has 0 aromatic carbocycles. The maximum atomic E-state index is 9.72. The summed E-state index contributed by atoms with van der Waals surface area (Å²) in [6, 6.07) is 6.09. The molecule has 2 rings (SSSR count). The van der Waals surface area contributed by atoms with Crippen molar-refractivity contribution in [2.45, 2.75) is 37.6 Å². The van der Waals surface area contributed by atoms with Crippen molar-refractivity contribution in [3.05, 3.63) is 30.1 Å². The lowest BCUT2D eigenvalue weighted by molar-refractivity contribution is 0.120. The Labute approximate surface area is 128 Å². The van der Waals surface area contributed by atoms with Crippen LogP contribution in [0.1, 0.15) is 31.4 Å². The zero-order valence-electron chi connectivity index (χ0n) is 13.4. The molecular weight excluding hydrogens is 262 g/mol. The normalized spacial score (nSPS) is 25.6. The van der Waals surface area contributed by atoms with Crippen LogP contribution in [0, 0.1) is 5.92 Å². The van der Waals surface area contributed by atoms with Crippen molar-refractivity contribution in [3.8, 4) is 0 Å². The number of hydrogen-bond donors (Lipinski definition) is 2. The van der Waals surface area contributed by atoms with Crippen molar-refractivity contribution in [1.82, 2.24) is 15.2 Å². The van der Waals surface area contributed by atoms with E-state index in [2.05, 4.69) is 28.3 Å². The van der Waals surface area contributed by atoms with Gasteiger partial charge in [0.05, 0.1) is 6.61 Å². The van der Waals surface area contributed by atoms with Gasteiger partial charge in [-0.25, -0.2) is 0 Å². The highest BCUT2D eigenvalue weighted by Gasteiger charge is 2.40. The Hall–Kier alpha value is -0.970. The fourth-order valence-electron chi connectivity index (χ4n) is 3.52. The third-order valence-electron chi connectivity index (χ3n) is 5.07. The number of likely N-dealkylation sites (N-methyl/N-ethyl adjacent to an activating group) is 2. The van der Waals surface area contributed by atoms with Crippen LogP contribution in [0.2, 0.25) is 0 Å². The lowest BCUT2D eigenvalue weighted by Gasteiger charge is -2.34. The number of aromatic nitrogens is 1. The van der Waals surface area contributed by atoms with Gasteiger partial charge in [-0.3, -0.25) is 4.98 Å². The minimum absolute atomic E-state index is 0.0399. The van der Waals surface area contributed by atoms with E-state index in [9.17, 15) is 5.11 Å². The molecule has 21 heavy (non-hydrogen) atoms. The molecule has 1 heterocycles. The smallest absolute Gasteiger partial charge is 0.0615 e. The maximum absolute atomic E-state index is 9.72. The summed E-state index contributed by atoms with van der Waals surface area (Å²) >= 11 is 0. The van der Waals surface area contributed by atoms with Crippen LogP contribution < -0.4 is 5.32 Å². The molecule has 2 N–H and O–H groups in total. The van der Waals surface area contributed by atoms with Crippen molar-refractivity contribution in [2.24, 2.45) is 5.92 Å². The average molecular weight is 291 g/mol. The predicted molar refractivity (Wildman–Crippen MR) is 86.3 cm³/mol. The fraction of sp³-hybridized carbons (Fsp3) is 0.706. The molecule has 2 unspecified atom stereocenters. The number of aliphatic hydroxyl groups excluding tert-OH is 1. The zero-order valence-corrected chi connectivity index (χ0v) is 13.4. The number of rotatable bonds is 8. The molecule has 1 aromatic rings. The first kappa shape index (κ1) is 16.4. The lowest BCUT2D eigenvalue weighted by atomic mass is 9.85. The Kier molecular flexibility index (Phi) is 6.15. The van der Waals surface area contributed by atoms with E-state index in [1.165, 1.54) is 12.8 Å². The summed E-state index contributed by atoms with van der Waals surface area (Å²) in [6.07, 6.45) is 7.57. The quantitative estimate of drug-likeness (QED) is 0.765. The van der Waals surface area contributed by atoms with Crippen molar-refractivity contribution < 1.29 is 5.11 Å². The minimum atomic E-state index is -0.0399. The molecule has 1 saturated carbocycles. The Morgan fingerprint density at radius 3 is 2.95 bits per heavy atom. The second-order valence-corrected chi connectivity index (χ2v) is 6.32. The molecular formula is C17H29N3O. The van der Waals surface area contributed by atoms with Crippen LogP contribution in [-0.2, 0) is 6.42 Å². The van der Waals surface area contributed by atoms with Gasteiger partial charge in [-0.15, -0.1) is 0 Å². The van der Waals surface area contributed by atoms with Gasteiger partial charge in [0.1, 0.15) is 0 Å². The molecule has 0 aliphatic heterocycles. The average Bonchev–Trinajstić information content (AvgIpc) is 2.95. The summed E-state index contributed by atoms with van der Waals surface area (Å²) in [5.74, 6) is 0.588. The third-order valence-corrected chi connectivity index (χ3v) is 5.07. The SMILES string of the molecule is CNC1(CO)CCCC1CCN(C)CCc1ccccn1. The summed E-state index contributed by atoms with van der Waals surface area (Å²) in [4.78, 5) is 6.75. The Bertz CT molecular complexity index is 406. The summed E-state index contributed by atoms with van der Waals surface area (Å²) in [7, 11) is 4.16. The molecule has 1 aliphatic carbocycles. The highest BCUT2D eigenvalue weighted by Crippen LogP contribution is 2.37. The van der Waals surface area contributed by atoms with Gasteiger partial charge >= 0.3 is 0 Å². The number of aliphatic hydroxyl groups is 1. The van der Waals surface area contributed by atoms with Crippen molar-refractivity contribution >= 4 is 0 Å². The second kappa shape index (κ2) is 7.87. The molecule has 1 aromatic heterocycles. The van der Waals surface area contributed by atoms with Gasteiger partial charge in [-0.1, -0.05) is 12.5 Å². The largest absolute Gasteiger partial charge is 0.394 e. The summed E-state index contributed by atoms with van der Waals surface area (Å²) < 4.78 is 0. The molecule has 4 nitrogen and oxygen atoms in total. The van der Waals surface area contributed by atoms with E-state index in [4.69, 9.17) is 0 Å². The second-order valence-electron chi connectivity index (χ2n) is 6.32. The highest BCUT2D eigenvalue weighted by molar-refractivity contribution is 5.03. The molecule has 0 radical (unpaired) electrons. The summed E-state index contributed by atoms with van der Waals surface area (Å²) in [5, 5.41) is 13.1. The molecule has 4 heteroatoms. The van der Waals surface area contributed by atoms with Gasteiger partial charge in [-0.2, -0.15) is 0 Å². The van der Waals surface area contributed by atoms with Gasteiger partial charge in [-0.05, 0) is 58.0 Å². The Morgan fingerprint density at radius 2 is 2.29 bits per heavy atom. The first-order chi connectivity index (χ1) is 10.2. The van der Waals surface area contributed by atoms with Crippen LogP contribution in [-0.4, -0.2) is 54.3 Å². The van der Waals surface area contributed by atoms with E-state index in [-0.39, 0.29) is 12.1 Å². The van der Waals surface area contributed by atoms with E-state index in [0.717, 1.165) is 38.0 Å². The lowest BCUT2D eigenvalue weighted by Crippen LogP contribution is -2.50. The van der Waals surface area contributed by atoms with E-state index >= 15 is 0 Å². The number of pyridine rings is 1. The minimum Gasteiger partial charge on any atom is -0.394 e. The first-order valence-electron chi connectivity index (χ1n) is 8.08. The van der Waals surface area contributed by atoms with E-state index in [0.29, 0.717) is 5.92 Å². The zero-order chi connectivity index (χ0) is 15.1. The molecule has 1 aliphatic rings. The Balaban J connectivity index is 1.75. The van der Waals surface area contributed by atoms with Gasteiger partial charge in [0.2, 0.25) is 0 Å². The molecule has 0 amide bonds. The fourth-order valence-corrected chi connectivity index (χ4v) is 3.52. The van der Waals surface area contributed by atoms with Gasteiger partial charge < -0.3 is 15.3 Å². The molecule has 0 bridgehead atoms. The van der Waals surface area contributed by atoms with Crippen LogP contribution in [0.5, 0.6) is 0 Å². The number of nitrogens with one attached hydrogen (secondary N) is 1. The number of hydrogen-bond acceptors (Lipinski definition) is 4. The van der Waals surface area contributed by atoms with Gasteiger partial charge in [0.25, 0.3) is 0 Å². The number of nitrogens with zero attached hydrogens (tertiary/aromatic N) is 2. The van der Waals surface area contributed by atoms with Crippen LogP contribution in [0.3, 0.4) is 0 Å². The summed E-state index contributed by atoms with van der Waals surface area (Å²) in [5.41, 5.74) is 1.12. The molecule has 1 fully saturated rings. The molecule has 0 spiro atoms. The Morgan fingerprint density at radius 1 is 1.43 bits per heavy atom. The first-order valence-corrected chi connectivity index (χ1v) is 8.08. The van der Waals surface area contributed by atoms with Gasteiger partial charge in [0, 0.05) is 30.4 Å². The monoisotopic (exact) mass is 291 g/mol. The van der Waals surface area contributed by atoms with Crippen LogP contribution >= 0.6 is 0 Å². The summed E-state index contributed by atoms with van der Waals surface area (Å²) in [6.45, 7) is 2.38. The van der Waals surface area contributed by atoms with Crippen LogP contribution in [0.25, 0.3) is 0 Å². The topological polar surface area (TPSA) is 48.4 Å². The van der Waals surface area contributed by atoms with E-state index in [1.807, 2.05) is 25.4 Å². The maximum Gasteiger partial charge on any atom is 0.0615 e. The standard InChI is InChI=1S/C17H29N3O/c1-18-17(14-21)10-5-6-15(17)8-12-20(2)13-9-16-7-3-4-11-19-16/h3-4,7,11,15,18,21H,5-6,8-10,12-14H2,1-2H3. The predicted octanol–water partition coefficient (Wildman–Crippen LogP) is 1.70. The van der Waals surface area contributed by atoms with E-state index < -0.39 is 0 Å². The van der Waals surface area contributed by atoms with Crippen LogP contribution in [0.4, 0.5) is 0 Å². The van der Waals surface area contributed by atoms with E-state index in [1.54, 1.807) is 0 Å².